The SMILES string of the molecule is CCCCCCCCc1sc2ccccc2c1-c1ccc([N+](=O)[O-])cc1. The predicted molar refractivity (Wildman–Crippen MR) is 111 cm³/mol. The van der Waals surface area contributed by atoms with Gasteiger partial charge >= 0.3 is 0 Å². The summed E-state index contributed by atoms with van der Waals surface area (Å²) in [6.45, 7) is 2.24. The standard InChI is InChI=1S/C22H25NO2S/c1-2-3-4-5-6-7-12-21-22(19-10-8-9-11-20(19)26-21)17-13-15-18(16-14-17)23(24)25/h8-11,13-16H,2-7,12H2,1H3. The van der Waals surface area contributed by atoms with Gasteiger partial charge in [-0.2, -0.15) is 0 Å². The molecular weight excluding hydrogens is 342 g/mol. The zero-order valence-corrected chi connectivity index (χ0v) is 16.1. The molecule has 0 radical (unpaired) electrons. The van der Waals surface area contributed by atoms with E-state index in [0.717, 1.165) is 12.0 Å². The molecule has 1 aromatic heterocycles. The monoisotopic (exact) mass is 367 g/mol. The second-order valence-electron chi connectivity index (χ2n) is 6.72. The molecule has 4 heteroatoms. The number of nitro benzene ring substituents is 1. The van der Waals surface area contributed by atoms with Crippen molar-refractivity contribution >= 4 is 27.1 Å². The van der Waals surface area contributed by atoms with Gasteiger partial charge in [-0.25, -0.2) is 0 Å². The Morgan fingerprint density at radius 2 is 1.62 bits per heavy atom. The molecule has 0 atom stereocenters. The molecule has 136 valence electrons. The average Bonchev–Trinajstić information content (AvgIpc) is 3.03. The quantitative estimate of drug-likeness (QED) is 0.225. The number of nitrogens with zero attached hydrogens (tertiary/aromatic N) is 1. The fourth-order valence-electron chi connectivity index (χ4n) is 3.40. The Morgan fingerprint density at radius 1 is 0.923 bits per heavy atom. The van der Waals surface area contributed by atoms with Crippen LogP contribution >= 0.6 is 11.3 Å². The zero-order chi connectivity index (χ0) is 18.4. The lowest BCUT2D eigenvalue weighted by Crippen LogP contribution is -1.89. The van der Waals surface area contributed by atoms with Crippen LogP contribution in [0.15, 0.2) is 48.5 Å². The van der Waals surface area contributed by atoms with Crippen LogP contribution < -0.4 is 0 Å². The lowest BCUT2D eigenvalue weighted by molar-refractivity contribution is -0.384. The Hall–Kier alpha value is -2.20. The maximum atomic E-state index is 10.9. The van der Waals surface area contributed by atoms with Crippen LogP contribution in [-0.4, -0.2) is 4.92 Å². The number of benzene rings is 2. The molecule has 3 aromatic rings. The molecule has 0 amide bonds. The Bertz CT molecular complexity index is 867. The summed E-state index contributed by atoms with van der Waals surface area (Å²) in [4.78, 5) is 12.0. The van der Waals surface area contributed by atoms with Crippen molar-refractivity contribution in [1.29, 1.82) is 0 Å². The number of unbranched alkanes of at least 4 members (excludes halogenated alkanes) is 5. The highest BCUT2D eigenvalue weighted by Crippen LogP contribution is 2.40. The van der Waals surface area contributed by atoms with Gasteiger partial charge in [0.25, 0.3) is 5.69 Å². The summed E-state index contributed by atoms with van der Waals surface area (Å²) >= 11 is 1.86. The first-order valence-electron chi connectivity index (χ1n) is 9.46. The summed E-state index contributed by atoms with van der Waals surface area (Å²) in [5, 5.41) is 12.2. The zero-order valence-electron chi connectivity index (χ0n) is 15.2. The lowest BCUT2D eigenvalue weighted by atomic mass is 9.99. The van der Waals surface area contributed by atoms with Gasteiger partial charge in [-0.05, 0) is 36.6 Å². The van der Waals surface area contributed by atoms with Gasteiger partial charge in [0.2, 0.25) is 0 Å². The molecule has 0 unspecified atom stereocenters. The summed E-state index contributed by atoms with van der Waals surface area (Å²) < 4.78 is 1.29. The minimum absolute atomic E-state index is 0.144. The van der Waals surface area contributed by atoms with E-state index in [-0.39, 0.29) is 10.6 Å². The van der Waals surface area contributed by atoms with Crippen molar-refractivity contribution in [2.45, 2.75) is 51.9 Å². The second kappa shape index (κ2) is 8.95. The highest BCUT2D eigenvalue weighted by Gasteiger charge is 2.15. The molecule has 0 aliphatic heterocycles. The van der Waals surface area contributed by atoms with Crippen LogP contribution in [0.5, 0.6) is 0 Å². The predicted octanol–water partition coefficient (Wildman–Crippen LogP) is 7.38. The van der Waals surface area contributed by atoms with E-state index in [1.54, 1.807) is 12.1 Å². The molecule has 0 N–H and O–H groups in total. The molecule has 0 saturated carbocycles. The summed E-state index contributed by atoms with van der Waals surface area (Å²) in [5.74, 6) is 0. The number of nitro groups is 1. The van der Waals surface area contributed by atoms with E-state index in [1.165, 1.54) is 59.1 Å². The Labute approximate surface area is 158 Å². The van der Waals surface area contributed by atoms with E-state index in [1.807, 2.05) is 23.5 Å². The van der Waals surface area contributed by atoms with Gasteiger partial charge in [0.05, 0.1) is 4.92 Å². The first-order valence-corrected chi connectivity index (χ1v) is 10.3. The van der Waals surface area contributed by atoms with Crippen molar-refractivity contribution in [3.05, 3.63) is 63.5 Å². The van der Waals surface area contributed by atoms with Gasteiger partial charge in [0, 0.05) is 32.7 Å². The van der Waals surface area contributed by atoms with Gasteiger partial charge in [0.15, 0.2) is 0 Å². The molecule has 0 saturated heterocycles. The van der Waals surface area contributed by atoms with Crippen molar-refractivity contribution in [1.82, 2.24) is 0 Å². The molecule has 0 spiro atoms. The first kappa shape index (κ1) is 18.6. The van der Waals surface area contributed by atoms with Crippen LogP contribution in [0.1, 0.15) is 50.3 Å². The first-order chi connectivity index (χ1) is 12.7. The minimum Gasteiger partial charge on any atom is -0.258 e. The van der Waals surface area contributed by atoms with Crippen molar-refractivity contribution in [3.8, 4) is 11.1 Å². The van der Waals surface area contributed by atoms with E-state index < -0.39 is 0 Å². The number of rotatable bonds is 9. The van der Waals surface area contributed by atoms with E-state index in [9.17, 15) is 10.1 Å². The Balaban J connectivity index is 1.84. The van der Waals surface area contributed by atoms with Gasteiger partial charge < -0.3 is 0 Å². The minimum atomic E-state index is -0.341. The number of non-ortho nitro benzene ring substituents is 1. The van der Waals surface area contributed by atoms with E-state index in [0.29, 0.717) is 0 Å². The molecule has 0 bridgehead atoms. The summed E-state index contributed by atoms with van der Waals surface area (Å²) in [6.07, 6.45) is 8.81. The fourth-order valence-corrected chi connectivity index (χ4v) is 4.67. The topological polar surface area (TPSA) is 43.1 Å². The highest BCUT2D eigenvalue weighted by atomic mass is 32.1. The summed E-state index contributed by atoms with van der Waals surface area (Å²) in [7, 11) is 0. The van der Waals surface area contributed by atoms with Crippen LogP contribution in [0.25, 0.3) is 21.2 Å². The second-order valence-corrected chi connectivity index (χ2v) is 7.85. The van der Waals surface area contributed by atoms with Crippen LogP contribution in [0.4, 0.5) is 5.69 Å². The normalized spacial score (nSPS) is 11.1. The Morgan fingerprint density at radius 3 is 2.35 bits per heavy atom. The summed E-state index contributed by atoms with van der Waals surface area (Å²) in [5.41, 5.74) is 2.48. The lowest BCUT2D eigenvalue weighted by Gasteiger charge is -2.06. The molecule has 3 nitrogen and oxygen atoms in total. The smallest absolute Gasteiger partial charge is 0.258 e. The van der Waals surface area contributed by atoms with E-state index in [2.05, 4.69) is 31.2 Å². The molecule has 0 aliphatic rings. The maximum absolute atomic E-state index is 10.9. The van der Waals surface area contributed by atoms with Gasteiger partial charge in [-0.3, -0.25) is 10.1 Å². The van der Waals surface area contributed by atoms with E-state index >= 15 is 0 Å². The van der Waals surface area contributed by atoms with Crippen LogP contribution in [0, 0.1) is 10.1 Å². The number of fused-ring (bicyclic) bond motifs is 1. The average molecular weight is 368 g/mol. The third kappa shape index (κ3) is 4.31. The molecule has 1 heterocycles. The third-order valence-electron chi connectivity index (χ3n) is 4.79. The molecule has 26 heavy (non-hydrogen) atoms. The van der Waals surface area contributed by atoms with Gasteiger partial charge in [0.1, 0.15) is 0 Å². The summed E-state index contributed by atoms with van der Waals surface area (Å²) in [6, 6.07) is 15.5. The van der Waals surface area contributed by atoms with E-state index in [4.69, 9.17) is 0 Å². The largest absolute Gasteiger partial charge is 0.269 e. The van der Waals surface area contributed by atoms with Crippen LogP contribution in [-0.2, 0) is 6.42 Å². The highest BCUT2D eigenvalue weighted by molar-refractivity contribution is 7.19. The number of aryl methyl sites for hydroxylation is 1. The number of thiophene rings is 1. The molecule has 0 fully saturated rings. The van der Waals surface area contributed by atoms with Crippen molar-refractivity contribution in [2.24, 2.45) is 0 Å². The molecule has 0 aliphatic carbocycles. The van der Waals surface area contributed by atoms with Gasteiger partial charge in [-0.1, -0.05) is 57.2 Å². The molecule has 2 aromatic carbocycles. The Kier molecular flexibility index (Phi) is 6.40. The fraction of sp³-hybridized carbons (Fsp3) is 0.364. The van der Waals surface area contributed by atoms with Crippen LogP contribution in [0.2, 0.25) is 0 Å². The number of hydrogen-bond donors (Lipinski definition) is 0. The van der Waals surface area contributed by atoms with Crippen molar-refractivity contribution in [3.63, 3.8) is 0 Å². The molecular formula is C22H25NO2S. The van der Waals surface area contributed by atoms with Gasteiger partial charge in [-0.15, -0.1) is 11.3 Å². The molecule has 3 rings (SSSR count). The van der Waals surface area contributed by atoms with Crippen molar-refractivity contribution < 1.29 is 4.92 Å². The third-order valence-corrected chi connectivity index (χ3v) is 6.02. The van der Waals surface area contributed by atoms with Crippen molar-refractivity contribution in [2.75, 3.05) is 0 Å². The number of hydrogen-bond acceptors (Lipinski definition) is 3. The maximum Gasteiger partial charge on any atom is 0.269 e. The van der Waals surface area contributed by atoms with Crippen LogP contribution in [0.3, 0.4) is 0 Å².